The van der Waals surface area contributed by atoms with E-state index in [0.717, 1.165) is 16.7 Å². The molecule has 168 valence electrons. The van der Waals surface area contributed by atoms with Gasteiger partial charge in [-0.15, -0.1) is 0 Å². The number of sulfonamides is 1. The first-order valence-electron chi connectivity index (χ1n) is 9.92. The van der Waals surface area contributed by atoms with Crippen molar-refractivity contribution in [1.29, 1.82) is 0 Å². The molecule has 0 bridgehead atoms. The second-order valence-corrected chi connectivity index (χ2v) is 9.04. The van der Waals surface area contributed by atoms with Crippen molar-refractivity contribution in [3.05, 3.63) is 77.4 Å². The first-order chi connectivity index (χ1) is 15.2. The minimum Gasteiger partial charge on any atom is -0.493 e. The van der Waals surface area contributed by atoms with Crippen LogP contribution in [0.4, 0.5) is 11.4 Å². The summed E-state index contributed by atoms with van der Waals surface area (Å²) in [6, 6.07) is 16.8. The molecule has 2 N–H and O–H groups in total. The number of aryl methyl sites for hydroxylation is 2. The van der Waals surface area contributed by atoms with Crippen LogP contribution >= 0.6 is 0 Å². The van der Waals surface area contributed by atoms with Gasteiger partial charge in [-0.05, 0) is 67.4 Å². The number of carbonyl (C=O) groups is 1. The predicted molar refractivity (Wildman–Crippen MR) is 125 cm³/mol. The van der Waals surface area contributed by atoms with Gasteiger partial charge in [0.2, 0.25) is 5.91 Å². The third-order valence-corrected chi connectivity index (χ3v) is 6.27. The molecule has 0 unspecified atom stereocenters. The fourth-order valence-corrected chi connectivity index (χ4v) is 4.36. The minimum atomic E-state index is -3.75. The summed E-state index contributed by atoms with van der Waals surface area (Å²) in [6.45, 7) is 3.80. The summed E-state index contributed by atoms with van der Waals surface area (Å²) in [6.07, 6.45) is 0.134. The van der Waals surface area contributed by atoms with E-state index in [4.69, 9.17) is 9.47 Å². The number of nitrogens with one attached hydrogen (secondary N) is 2. The summed E-state index contributed by atoms with van der Waals surface area (Å²) in [5.74, 6) is 0.896. The number of rotatable bonds is 8. The van der Waals surface area contributed by atoms with E-state index in [1.54, 1.807) is 43.5 Å². The summed E-state index contributed by atoms with van der Waals surface area (Å²) in [4.78, 5) is 12.5. The summed E-state index contributed by atoms with van der Waals surface area (Å²) < 4.78 is 38.5. The van der Waals surface area contributed by atoms with Crippen LogP contribution in [0.2, 0.25) is 0 Å². The molecule has 0 heterocycles. The van der Waals surface area contributed by atoms with E-state index in [2.05, 4.69) is 10.0 Å². The van der Waals surface area contributed by atoms with Crippen LogP contribution in [0.25, 0.3) is 0 Å². The molecule has 0 aliphatic heterocycles. The van der Waals surface area contributed by atoms with Gasteiger partial charge in [0.1, 0.15) is 0 Å². The van der Waals surface area contributed by atoms with Crippen LogP contribution < -0.4 is 19.5 Å². The maximum atomic E-state index is 12.7. The lowest BCUT2D eigenvalue weighted by atomic mass is 10.1. The largest absolute Gasteiger partial charge is 0.493 e. The van der Waals surface area contributed by atoms with Crippen molar-refractivity contribution < 1.29 is 22.7 Å². The van der Waals surface area contributed by atoms with Crippen LogP contribution in [0.15, 0.2) is 65.6 Å². The van der Waals surface area contributed by atoms with Gasteiger partial charge in [0.15, 0.2) is 11.5 Å². The van der Waals surface area contributed by atoms with Gasteiger partial charge in [0.05, 0.1) is 31.2 Å². The highest BCUT2D eigenvalue weighted by molar-refractivity contribution is 7.92. The van der Waals surface area contributed by atoms with Crippen molar-refractivity contribution in [1.82, 2.24) is 0 Å². The Morgan fingerprint density at radius 1 is 0.875 bits per heavy atom. The first kappa shape index (κ1) is 23.1. The van der Waals surface area contributed by atoms with E-state index >= 15 is 0 Å². The number of anilines is 2. The fourth-order valence-electron chi connectivity index (χ4n) is 3.23. The average Bonchev–Trinajstić information content (AvgIpc) is 2.76. The van der Waals surface area contributed by atoms with Gasteiger partial charge in [-0.2, -0.15) is 0 Å². The highest BCUT2D eigenvalue weighted by Crippen LogP contribution is 2.28. The molecule has 0 aromatic heterocycles. The molecule has 0 atom stereocenters. The Balaban J connectivity index is 1.66. The van der Waals surface area contributed by atoms with Crippen molar-refractivity contribution in [3.8, 4) is 11.5 Å². The number of hydrogen-bond acceptors (Lipinski definition) is 5. The first-order valence-corrected chi connectivity index (χ1v) is 11.4. The lowest BCUT2D eigenvalue weighted by Crippen LogP contribution is -2.16. The lowest BCUT2D eigenvalue weighted by molar-refractivity contribution is -0.115. The summed E-state index contributed by atoms with van der Waals surface area (Å²) in [7, 11) is -0.664. The third-order valence-electron chi connectivity index (χ3n) is 4.89. The van der Waals surface area contributed by atoms with Crippen molar-refractivity contribution >= 4 is 27.3 Å². The Hall–Kier alpha value is -3.52. The van der Waals surface area contributed by atoms with E-state index in [1.807, 2.05) is 26.0 Å². The van der Waals surface area contributed by atoms with Crippen LogP contribution in [-0.4, -0.2) is 28.5 Å². The van der Waals surface area contributed by atoms with Crippen molar-refractivity contribution in [2.24, 2.45) is 0 Å². The topological polar surface area (TPSA) is 93.7 Å². The minimum absolute atomic E-state index is 0.107. The van der Waals surface area contributed by atoms with Gasteiger partial charge >= 0.3 is 0 Å². The second-order valence-electron chi connectivity index (χ2n) is 7.36. The molecule has 0 saturated carbocycles. The smallest absolute Gasteiger partial charge is 0.261 e. The van der Waals surface area contributed by atoms with Gasteiger partial charge in [-0.25, -0.2) is 8.42 Å². The number of amides is 1. The van der Waals surface area contributed by atoms with Crippen LogP contribution in [0.5, 0.6) is 11.5 Å². The number of methoxy groups -OCH3 is 2. The molecule has 0 aliphatic carbocycles. The Kier molecular flexibility index (Phi) is 7.05. The lowest BCUT2D eigenvalue weighted by Gasteiger charge is -2.12. The molecule has 0 saturated heterocycles. The predicted octanol–water partition coefficient (Wildman–Crippen LogP) is 4.30. The third kappa shape index (κ3) is 5.59. The summed E-state index contributed by atoms with van der Waals surface area (Å²) in [5, 5.41) is 2.77. The molecule has 8 heteroatoms. The highest BCUT2D eigenvalue weighted by Gasteiger charge is 2.16. The number of carbonyl (C=O) groups excluding carboxylic acids is 1. The quantitative estimate of drug-likeness (QED) is 0.529. The highest BCUT2D eigenvalue weighted by atomic mass is 32.2. The van der Waals surface area contributed by atoms with Gasteiger partial charge < -0.3 is 14.8 Å². The second kappa shape index (κ2) is 9.74. The van der Waals surface area contributed by atoms with Crippen LogP contribution in [0.3, 0.4) is 0 Å². The summed E-state index contributed by atoms with van der Waals surface area (Å²) in [5.41, 5.74) is 3.69. The number of hydrogen-bond donors (Lipinski definition) is 2. The Labute approximate surface area is 188 Å². The van der Waals surface area contributed by atoms with Gasteiger partial charge in [-0.3, -0.25) is 9.52 Å². The van der Waals surface area contributed by atoms with Gasteiger partial charge in [0, 0.05) is 5.69 Å². The van der Waals surface area contributed by atoms with Crippen LogP contribution in [-0.2, 0) is 21.2 Å². The number of ether oxygens (including phenoxy) is 2. The normalized spacial score (nSPS) is 11.0. The average molecular weight is 455 g/mol. The molecular formula is C24H26N2O5S. The molecule has 3 rings (SSSR count). The Morgan fingerprint density at radius 3 is 2.19 bits per heavy atom. The van der Waals surface area contributed by atoms with E-state index in [0.29, 0.717) is 22.9 Å². The van der Waals surface area contributed by atoms with Crippen LogP contribution in [0, 0.1) is 13.8 Å². The molecule has 3 aromatic carbocycles. The number of benzene rings is 3. The Bertz CT molecular complexity index is 1220. The van der Waals surface area contributed by atoms with Crippen molar-refractivity contribution in [2.45, 2.75) is 25.2 Å². The fraction of sp³-hybridized carbons (Fsp3) is 0.208. The van der Waals surface area contributed by atoms with E-state index in [9.17, 15) is 13.2 Å². The maximum absolute atomic E-state index is 12.7. The van der Waals surface area contributed by atoms with E-state index in [1.165, 1.54) is 19.2 Å². The molecule has 7 nitrogen and oxygen atoms in total. The van der Waals surface area contributed by atoms with E-state index in [-0.39, 0.29) is 17.2 Å². The molecule has 0 radical (unpaired) electrons. The van der Waals surface area contributed by atoms with Crippen molar-refractivity contribution in [2.75, 3.05) is 24.3 Å². The standard InChI is InChI=1S/C24H26N2O5S/c1-16-5-11-21(17(2)13-16)26-32(28,29)20-9-7-19(8-10-20)25-24(27)15-18-6-12-22(30-3)23(14-18)31-4/h5-14,26H,15H2,1-4H3,(H,25,27). The SMILES string of the molecule is COc1ccc(CC(=O)Nc2ccc(S(=O)(=O)Nc3ccc(C)cc3C)cc2)cc1OC. The van der Waals surface area contributed by atoms with E-state index < -0.39 is 10.0 Å². The molecule has 3 aromatic rings. The zero-order chi connectivity index (χ0) is 23.3. The molecule has 1 amide bonds. The molecule has 0 spiro atoms. The molecule has 0 aliphatic rings. The molecule has 32 heavy (non-hydrogen) atoms. The zero-order valence-electron chi connectivity index (χ0n) is 18.4. The Morgan fingerprint density at radius 2 is 1.56 bits per heavy atom. The van der Waals surface area contributed by atoms with Gasteiger partial charge in [-0.1, -0.05) is 23.8 Å². The monoisotopic (exact) mass is 454 g/mol. The molecule has 0 fully saturated rings. The molecular weight excluding hydrogens is 428 g/mol. The summed E-state index contributed by atoms with van der Waals surface area (Å²) >= 11 is 0. The maximum Gasteiger partial charge on any atom is 0.261 e. The zero-order valence-corrected chi connectivity index (χ0v) is 19.2. The van der Waals surface area contributed by atoms with Crippen LogP contribution in [0.1, 0.15) is 16.7 Å². The van der Waals surface area contributed by atoms with Crippen molar-refractivity contribution in [3.63, 3.8) is 0 Å². The van der Waals surface area contributed by atoms with Gasteiger partial charge in [0.25, 0.3) is 10.0 Å².